The van der Waals surface area contributed by atoms with E-state index in [1.807, 2.05) is 0 Å². The molecule has 0 N–H and O–H groups in total. The lowest BCUT2D eigenvalue weighted by atomic mass is 10.7. The lowest BCUT2D eigenvalue weighted by Gasteiger charge is -1.81. The van der Waals surface area contributed by atoms with Gasteiger partial charge in [0.25, 0.3) is 0 Å². The van der Waals surface area contributed by atoms with Gasteiger partial charge in [-0.25, -0.2) is 0 Å². The summed E-state index contributed by atoms with van der Waals surface area (Å²) in [4.78, 5) is 0. The Labute approximate surface area is 37.1 Å². The fourth-order valence-corrected chi connectivity index (χ4v) is 0.166. The smallest absolute Gasteiger partial charge is 0.186 e. The summed E-state index contributed by atoms with van der Waals surface area (Å²) in [6.45, 7) is 1.43. The Kier molecular flexibility index (Phi) is 2.29. The minimum Gasteiger partial charge on any atom is -0.501 e. The second-order valence-corrected chi connectivity index (χ2v) is 0.964. The molecule has 0 aliphatic carbocycles. The maximum atomic E-state index is 9.86. The zero-order chi connectivity index (χ0) is 4.99. The van der Waals surface area contributed by atoms with Crippen molar-refractivity contribution in [1.82, 2.24) is 0 Å². The van der Waals surface area contributed by atoms with Crippen LogP contribution in [0.25, 0.3) is 0 Å². The molecule has 0 bridgehead atoms. The fraction of sp³-hybridized carbons (Fsp3) is 0.500. The largest absolute Gasteiger partial charge is 0.501 e. The van der Waals surface area contributed by atoms with E-state index in [4.69, 9.17) is 0 Å². The van der Waals surface area contributed by atoms with E-state index in [1.54, 1.807) is 0 Å². The Balaban J connectivity index is 3.14. The Morgan fingerprint density at radius 1 is 1.83 bits per heavy atom. The summed E-state index contributed by atoms with van der Waals surface area (Å²) in [6, 6.07) is 0. The molecule has 0 aromatic carbocycles. The van der Waals surface area contributed by atoms with Crippen molar-refractivity contribution in [3.05, 3.63) is 12.0 Å². The molecule has 6 heavy (non-hydrogen) atoms. The van der Waals surface area contributed by atoms with Gasteiger partial charge >= 0.3 is 0 Å². The minimum atomic E-state index is -0.0579. The van der Waals surface area contributed by atoms with Crippen LogP contribution in [0, 0.1) is 0 Å². The maximum absolute atomic E-state index is 9.86. The Hall–Kier alpha value is -0.660. The van der Waals surface area contributed by atoms with Gasteiger partial charge in [0.05, 0.1) is 7.11 Å². The third-order valence-electron chi connectivity index (χ3n) is 0.284. The van der Waals surface area contributed by atoms with Gasteiger partial charge in [-0.05, 0) is 0 Å². The Morgan fingerprint density at radius 2 is 2.33 bits per heavy atom. The van der Waals surface area contributed by atoms with Crippen molar-refractivity contribution in [2.75, 3.05) is 7.11 Å². The predicted molar refractivity (Wildman–Crippen MR) is 21.5 cm³/mol. The zero-order valence-corrected chi connectivity index (χ0v) is 3.89. The van der Waals surface area contributed by atoms with Gasteiger partial charge in [-0.2, -0.15) is 0 Å². The standard InChI is InChI=1S/C4H7O2/c1-4(5)3-6-2/h3H,1-2H3. The van der Waals surface area contributed by atoms with Gasteiger partial charge in [-0.1, -0.05) is 0 Å². The van der Waals surface area contributed by atoms with Gasteiger partial charge in [0.15, 0.2) is 5.76 Å². The number of rotatable bonds is 1. The highest BCUT2D eigenvalue weighted by molar-refractivity contribution is 4.75. The number of ether oxygens (including phenoxy) is 1. The van der Waals surface area contributed by atoms with Crippen molar-refractivity contribution < 1.29 is 9.84 Å². The third-order valence-corrected chi connectivity index (χ3v) is 0.284. The van der Waals surface area contributed by atoms with Crippen molar-refractivity contribution in [1.29, 1.82) is 0 Å². The molecule has 0 fully saturated rings. The predicted octanol–water partition coefficient (Wildman–Crippen LogP) is 0.925. The van der Waals surface area contributed by atoms with Crippen LogP contribution >= 0.6 is 0 Å². The molecule has 0 saturated carbocycles. The maximum Gasteiger partial charge on any atom is 0.186 e. The average Bonchev–Trinajstić information content (AvgIpc) is 1.35. The van der Waals surface area contributed by atoms with E-state index in [2.05, 4.69) is 4.74 Å². The molecule has 0 spiro atoms. The third kappa shape index (κ3) is 3.34. The van der Waals surface area contributed by atoms with Gasteiger partial charge in [0.1, 0.15) is 6.26 Å². The van der Waals surface area contributed by atoms with E-state index >= 15 is 0 Å². The van der Waals surface area contributed by atoms with Gasteiger partial charge < -0.3 is 4.74 Å². The highest BCUT2D eigenvalue weighted by Gasteiger charge is 1.75. The Morgan fingerprint density at radius 3 is 2.33 bits per heavy atom. The average molecular weight is 87.1 g/mol. The summed E-state index contributed by atoms with van der Waals surface area (Å²) < 4.78 is 4.33. The van der Waals surface area contributed by atoms with Crippen LogP contribution in [-0.2, 0) is 9.84 Å². The minimum absolute atomic E-state index is 0.0579. The van der Waals surface area contributed by atoms with Crippen LogP contribution in [0.1, 0.15) is 6.92 Å². The van der Waals surface area contributed by atoms with Crippen LogP contribution in [0.2, 0.25) is 0 Å². The van der Waals surface area contributed by atoms with Crippen LogP contribution in [-0.4, -0.2) is 7.11 Å². The second kappa shape index (κ2) is 2.57. The molecule has 2 nitrogen and oxygen atoms in total. The van der Waals surface area contributed by atoms with Crippen LogP contribution in [0.3, 0.4) is 0 Å². The van der Waals surface area contributed by atoms with Gasteiger partial charge in [0, 0.05) is 6.92 Å². The summed E-state index contributed by atoms with van der Waals surface area (Å²) in [6.07, 6.45) is 1.15. The van der Waals surface area contributed by atoms with E-state index in [0.29, 0.717) is 0 Å². The number of allylic oxidation sites excluding steroid dienone is 1. The Bertz CT molecular complexity index is 52.6. The lowest BCUT2D eigenvalue weighted by Crippen LogP contribution is -1.68. The van der Waals surface area contributed by atoms with Crippen molar-refractivity contribution in [2.45, 2.75) is 6.92 Å². The molecule has 0 rings (SSSR count). The SMILES string of the molecule is COC=C(C)[O]. The van der Waals surface area contributed by atoms with Crippen LogP contribution in [0.4, 0.5) is 0 Å². The van der Waals surface area contributed by atoms with E-state index in [1.165, 1.54) is 14.0 Å². The van der Waals surface area contributed by atoms with Crippen molar-refractivity contribution in [3.8, 4) is 0 Å². The first-order chi connectivity index (χ1) is 2.77. The molecule has 0 aromatic rings. The number of methoxy groups -OCH3 is 1. The number of hydrogen-bond acceptors (Lipinski definition) is 1. The summed E-state index contributed by atoms with van der Waals surface area (Å²) >= 11 is 0. The van der Waals surface area contributed by atoms with E-state index < -0.39 is 0 Å². The first-order valence-corrected chi connectivity index (χ1v) is 1.64. The molecule has 0 amide bonds. The van der Waals surface area contributed by atoms with E-state index in [0.717, 1.165) is 6.26 Å². The van der Waals surface area contributed by atoms with Gasteiger partial charge in [-0.15, -0.1) is 0 Å². The lowest BCUT2D eigenvalue weighted by molar-refractivity contribution is 0.251. The van der Waals surface area contributed by atoms with Gasteiger partial charge in [0.2, 0.25) is 0 Å². The monoisotopic (exact) mass is 87.0 g/mol. The van der Waals surface area contributed by atoms with Crippen LogP contribution < -0.4 is 0 Å². The van der Waals surface area contributed by atoms with E-state index in [9.17, 15) is 5.11 Å². The molecule has 0 aromatic heterocycles. The quantitative estimate of drug-likeness (QED) is 0.437. The summed E-state index contributed by atoms with van der Waals surface area (Å²) in [5, 5.41) is 9.86. The molecular formula is C4H7O2. The zero-order valence-electron chi connectivity index (χ0n) is 3.89. The van der Waals surface area contributed by atoms with Crippen molar-refractivity contribution in [3.63, 3.8) is 0 Å². The van der Waals surface area contributed by atoms with Crippen LogP contribution in [0.5, 0.6) is 0 Å². The molecule has 0 heterocycles. The highest BCUT2D eigenvalue weighted by Crippen LogP contribution is 1.81. The molecular weight excluding hydrogens is 80.0 g/mol. The van der Waals surface area contributed by atoms with Crippen molar-refractivity contribution >= 4 is 0 Å². The second-order valence-electron chi connectivity index (χ2n) is 0.964. The molecule has 0 aliphatic rings. The first kappa shape index (κ1) is 5.34. The number of hydrogen-bond donors (Lipinski definition) is 0. The normalized spacial score (nSPS) is 11.3. The molecule has 0 saturated heterocycles. The summed E-state index contributed by atoms with van der Waals surface area (Å²) in [5.41, 5.74) is 0. The summed E-state index contributed by atoms with van der Waals surface area (Å²) in [7, 11) is 1.45. The molecule has 1 radical (unpaired) electrons. The van der Waals surface area contributed by atoms with Crippen LogP contribution in [0.15, 0.2) is 12.0 Å². The molecule has 0 unspecified atom stereocenters. The molecule has 0 aliphatic heterocycles. The molecule has 0 atom stereocenters. The first-order valence-electron chi connectivity index (χ1n) is 1.64. The molecule has 35 valence electrons. The highest BCUT2D eigenvalue weighted by atomic mass is 16.5. The summed E-state index contributed by atoms with van der Waals surface area (Å²) in [5.74, 6) is -0.0579. The molecule has 2 heteroatoms. The van der Waals surface area contributed by atoms with Crippen molar-refractivity contribution in [2.24, 2.45) is 0 Å². The fourth-order valence-electron chi connectivity index (χ4n) is 0.166. The topological polar surface area (TPSA) is 29.1 Å². The van der Waals surface area contributed by atoms with E-state index in [-0.39, 0.29) is 5.76 Å². The van der Waals surface area contributed by atoms with Gasteiger partial charge in [-0.3, -0.25) is 5.11 Å².